The van der Waals surface area contributed by atoms with Crippen LogP contribution in [0.4, 0.5) is 0 Å². The average molecular weight is 383 g/mol. The van der Waals surface area contributed by atoms with E-state index in [0.29, 0.717) is 24.1 Å². The van der Waals surface area contributed by atoms with Gasteiger partial charge in [-0.25, -0.2) is 0 Å². The SMILES string of the molecule is CCNC(=NCCc1ccc(-c2nc(CC)no2)cc1)NC1CC2CCC1O2. The van der Waals surface area contributed by atoms with Crippen molar-refractivity contribution in [2.45, 2.75) is 64.2 Å². The summed E-state index contributed by atoms with van der Waals surface area (Å²) in [4.78, 5) is 9.12. The van der Waals surface area contributed by atoms with Gasteiger partial charge >= 0.3 is 0 Å². The third kappa shape index (κ3) is 4.35. The van der Waals surface area contributed by atoms with Gasteiger partial charge in [-0.2, -0.15) is 4.98 Å². The standard InChI is InChI=1S/C21H29N5O2/c1-3-19-25-20(28-26-19)15-7-5-14(6-8-15)11-12-23-21(22-4-2)24-17-13-16-9-10-18(17)27-16/h5-8,16-18H,3-4,9-13H2,1-2H3,(H2,22,23,24). The van der Waals surface area contributed by atoms with Crippen molar-refractivity contribution < 1.29 is 9.26 Å². The van der Waals surface area contributed by atoms with E-state index in [-0.39, 0.29) is 0 Å². The largest absolute Gasteiger partial charge is 0.373 e. The normalized spacial score (nSPS) is 23.9. The van der Waals surface area contributed by atoms with Crippen LogP contribution in [0.5, 0.6) is 0 Å². The van der Waals surface area contributed by atoms with Crippen LogP contribution in [0.3, 0.4) is 0 Å². The number of ether oxygens (including phenoxy) is 1. The van der Waals surface area contributed by atoms with E-state index in [1.807, 2.05) is 19.1 Å². The van der Waals surface area contributed by atoms with Crippen LogP contribution in [-0.2, 0) is 17.6 Å². The molecule has 28 heavy (non-hydrogen) atoms. The molecule has 0 saturated carbocycles. The molecular formula is C21H29N5O2. The Kier molecular flexibility index (Phi) is 5.90. The van der Waals surface area contributed by atoms with Crippen molar-refractivity contribution in [3.63, 3.8) is 0 Å². The summed E-state index contributed by atoms with van der Waals surface area (Å²) in [6.45, 7) is 5.69. The summed E-state index contributed by atoms with van der Waals surface area (Å²) in [6.07, 6.45) is 5.90. The number of guanidine groups is 1. The van der Waals surface area contributed by atoms with Gasteiger partial charge in [0.15, 0.2) is 11.8 Å². The molecular weight excluding hydrogens is 354 g/mol. The minimum atomic E-state index is 0.347. The quantitative estimate of drug-likeness (QED) is 0.565. The van der Waals surface area contributed by atoms with Crippen LogP contribution < -0.4 is 10.6 Å². The molecule has 150 valence electrons. The number of hydrogen-bond donors (Lipinski definition) is 2. The molecule has 0 aliphatic carbocycles. The highest BCUT2D eigenvalue weighted by molar-refractivity contribution is 5.80. The predicted molar refractivity (Wildman–Crippen MR) is 108 cm³/mol. The molecule has 0 spiro atoms. The summed E-state index contributed by atoms with van der Waals surface area (Å²) in [6, 6.07) is 8.65. The van der Waals surface area contributed by atoms with E-state index in [0.717, 1.165) is 56.1 Å². The first-order chi connectivity index (χ1) is 13.7. The second-order valence-electron chi connectivity index (χ2n) is 7.44. The lowest BCUT2D eigenvalue weighted by molar-refractivity contribution is 0.0992. The second-order valence-corrected chi connectivity index (χ2v) is 7.44. The molecule has 2 saturated heterocycles. The number of benzene rings is 1. The van der Waals surface area contributed by atoms with E-state index >= 15 is 0 Å². The Morgan fingerprint density at radius 2 is 2.07 bits per heavy atom. The van der Waals surface area contributed by atoms with Crippen LogP contribution in [0.25, 0.3) is 11.5 Å². The Balaban J connectivity index is 1.31. The number of rotatable bonds is 7. The molecule has 7 nitrogen and oxygen atoms in total. The minimum absolute atomic E-state index is 0.347. The van der Waals surface area contributed by atoms with Gasteiger partial charge in [-0.15, -0.1) is 0 Å². The molecule has 0 amide bonds. The van der Waals surface area contributed by atoms with Crippen molar-refractivity contribution in [2.24, 2.45) is 4.99 Å². The number of aromatic nitrogens is 2. The average Bonchev–Trinajstić information content (AvgIpc) is 3.45. The van der Waals surface area contributed by atoms with Crippen LogP contribution in [0.15, 0.2) is 33.8 Å². The molecule has 4 rings (SSSR count). The number of nitrogens with one attached hydrogen (secondary N) is 2. The number of hydrogen-bond acceptors (Lipinski definition) is 5. The molecule has 7 heteroatoms. The van der Waals surface area contributed by atoms with E-state index in [4.69, 9.17) is 14.3 Å². The predicted octanol–water partition coefficient (Wildman–Crippen LogP) is 2.72. The minimum Gasteiger partial charge on any atom is -0.373 e. The number of aryl methyl sites for hydroxylation is 1. The first-order valence-electron chi connectivity index (χ1n) is 10.4. The van der Waals surface area contributed by atoms with Crippen molar-refractivity contribution in [3.8, 4) is 11.5 Å². The lowest BCUT2D eigenvalue weighted by atomic mass is 9.96. The van der Waals surface area contributed by atoms with Gasteiger partial charge in [-0.3, -0.25) is 4.99 Å². The summed E-state index contributed by atoms with van der Waals surface area (Å²) < 4.78 is 11.2. The van der Waals surface area contributed by atoms with Gasteiger partial charge in [0.25, 0.3) is 5.89 Å². The second kappa shape index (κ2) is 8.73. The van der Waals surface area contributed by atoms with Crippen LogP contribution in [0.1, 0.15) is 44.5 Å². The fourth-order valence-electron chi connectivity index (χ4n) is 3.91. The lowest BCUT2D eigenvalue weighted by Gasteiger charge is -2.22. The maximum atomic E-state index is 5.93. The van der Waals surface area contributed by atoms with Crippen molar-refractivity contribution in [3.05, 3.63) is 35.7 Å². The number of fused-ring (bicyclic) bond motifs is 2. The van der Waals surface area contributed by atoms with E-state index < -0.39 is 0 Å². The van der Waals surface area contributed by atoms with Gasteiger partial charge in [0.05, 0.1) is 18.2 Å². The van der Waals surface area contributed by atoms with E-state index in [2.05, 4.69) is 39.8 Å². The summed E-state index contributed by atoms with van der Waals surface area (Å²) >= 11 is 0. The van der Waals surface area contributed by atoms with Crippen LogP contribution in [0.2, 0.25) is 0 Å². The Hall–Kier alpha value is -2.41. The van der Waals surface area contributed by atoms with Gasteiger partial charge in [0.2, 0.25) is 0 Å². The highest BCUT2D eigenvalue weighted by Crippen LogP contribution is 2.34. The monoisotopic (exact) mass is 383 g/mol. The van der Waals surface area contributed by atoms with Gasteiger partial charge in [0, 0.05) is 25.1 Å². The highest BCUT2D eigenvalue weighted by atomic mass is 16.5. The van der Waals surface area contributed by atoms with E-state index in [1.54, 1.807) is 0 Å². The molecule has 3 heterocycles. The molecule has 2 aliphatic heterocycles. The summed E-state index contributed by atoms with van der Waals surface area (Å²) in [5.41, 5.74) is 2.19. The summed E-state index contributed by atoms with van der Waals surface area (Å²) in [5, 5.41) is 10.9. The molecule has 0 radical (unpaired) electrons. The molecule has 1 aromatic carbocycles. The van der Waals surface area contributed by atoms with Crippen molar-refractivity contribution >= 4 is 5.96 Å². The molecule has 2 fully saturated rings. The smallest absolute Gasteiger partial charge is 0.257 e. The summed E-state index contributed by atoms with van der Waals surface area (Å²) in [7, 11) is 0. The van der Waals surface area contributed by atoms with Crippen LogP contribution in [0, 0.1) is 0 Å². The fourth-order valence-corrected chi connectivity index (χ4v) is 3.91. The van der Waals surface area contributed by atoms with Crippen LogP contribution in [-0.4, -0.2) is 47.4 Å². The molecule has 3 atom stereocenters. The topological polar surface area (TPSA) is 84.6 Å². The zero-order chi connectivity index (χ0) is 19.3. The van der Waals surface area contributed by atoms with Gasteiger partial charge in [0.1, 0.15) is 0 Å². The van der Waals surface area contributed by atoms with Gasteiger partial charge < -0.3 is 19.9 Å². The molecule has 2 aromatic rings. The first kappa shape index (κ1) is 18.9. The third-order valence-corrected chi connectivity index (χ3v) is 5.43. The number of aliphatic imine (C=N–C) groups is 1. The van der Waals surface area contributed by atoms with Crippen molar-refractivity contribution in [2.75, 3.05) is 13.1 Å². The van der Waals surface area contributed by atoms with Crippen molar-refractivity contribution in [1.29, 1.82) is 0 Å². The van der Waals surface area contributed by atoms with Crippen molar-refractivity contribution in [1.82, 2.24) is 20.8 Å². The maximum absolute atomic E-state index is 5.93. The first-order valence-corrected chi connectivity index (χ1v) is 10.4. The Morgan fingerprint density at radius 3 is 2.71 bits per heavy atom. The molecule has 2 N–H and O–H groups in total. The Labute approximate surface area is 166 Å². The maximum Gasteiger partial charge on any atom is 0.257 e. The third-order valence-electron chi connectivity index (χ3n) is 5.43. The van der Waals surface area contributed by atoms with Crippen LogP contribution >= 0.6 is 0 Å². The number of nitrogens with zero attached hydrogens (tertiary/aromatic N) is 3. The van der Waals surface area contributed by atoms with Gasteiger partial charge in [-0.05, 0) is 50.3 Å². The lowest BCUT2D eigenvalue weighted by Crippen LogP contribution is -2.47. The summed E-state index contributed by atoms with van der Waals surface area (Å²) in [5.74, 6) is 2.20. The highest BCUT2D eigenvalue weighted by Gasteiger charge is 2.41. The zero-order valence-corrected chi connectivity index (χ0v) is 16.6. The Morgan fingerprint density at radius 1 is 1.21 bits per heavy atom. The zero-order valence-electron chi connectivity index (χ0n) is 16.6. The molecule has 2 aliphatic rings. The van der Waals surface area contributed by atoms with E-state index in [9.17, 15) is 0 Å². The fraction of sp³-hybridized carbons (Fsp3) is 0.571. The Bertz CT molecular complexity index is 801. The molecule has 2 bridgehead atoms. The molecule has 3 unspecified atom stereocenters. The van der Waals surface area contributed by atoms with Gasteiger partial charge in [-0.1, -0.05) is 24.2 Å². The van der Waals surface area contributed by atoms with E-state index in [1.165, 1.54) is 12.0 Å². The molecule has 1 aromatic heterocycles.